The Morgan fingerprint density at radius 3 is 2.66 bits per heavy atom. The molecule has 2 aromatic heterocycles. The lowest BCUT2D eigenvalue weighted by Crippen LogP contribution is -2.43. The molecule has 4 aromatic rings. The molecule has 1 aliphatic rings. The molecule has 0 spiro atoms. The zero-order valence-corrected chi connectivity index (χ0v) is 19.9. The molecule has 0 aliphatic carbocycles. The molecule has 2 atom stereocenters. The average molecular weight is 465 g/mol. The molecule has 0 bridgehead atoms. The van der Waals surface area contributed by atoms with Crippen molar-refractivity contribution in [3.8, 4) is 23.1 Å². The van der Waals surface area contributed by atoms with Crippen molar-refractivity contribution >= 4 is 5.69 Å². The minimum Gasteiger partial charge on any atom is -0.469 e. The first-order chi connectivity index (χ1) is 17.1. The van der Waals surface area contributed by atoms with Crippen molar-refractivity contribution in [3.05, 3.63) is 95.4 Å². The Bertz CT molecular complexity index is 1340. The van der Waals surface area contributed by atoms with Crippen LogP contribution in [0, 0.1) is 18.3 Å². The number of nitrogens with one attached hydrogen (secondary N) is 2. The van der Waals surface area contributed by atoms with Gasteiger partial charge in [-0.2, -0.15) is 10.4 Å². The summed E-state index contributed by atoms with van der Waals surface area (Å²) in [5, 5.41) is 20.5. The van der Waals surface area contributed by atoms with Gasteiger partial charge >= 0.3 is 0 Å². The molecule has 0 fully saturated rings. The number of aryl methyl sites for hydroxylation is 2. The summed E-state index contributed by atoms with van der Waals surface area (Å²) in [6.07, 6.45) is 6.38. The second kappa shape index (κ2) is 10.00. The molecule has 3 heterocycles. The largest absolute Gasteiger partial charge is 0.469 e. The predicted octanol–water partition coefficient (Wildman–Crippen LogP) is 4.41. The fraction of sp³-hybridized carbons (Fsp3) is 0.250. The number of pyridine rings is 1. The third-order valence-corrected chi connectivity index (χ3v) is 6.32. The Morgan fingerprint density at radius 1 is 1.14 bits per heavy atom. The topological polar surface area (TPSA) is 87.8 Å². The van der Waals surface area contributed by atoms with Gasteiger partial charge in [0.2, 0.25) is 5.88 Å². The molecule has 35 heavy (non-hydrogen) atoms. The van der Waals surface area contributed by atoms with E-state index < -0.39 is 0 Å². The molecule has 0 saturated heterocycles. The molecule has 5 rings (SSSR count). The molecule has 0 amide bonds. The van der Waals surface area contributed by atoms with Crippen molar-refractivity contribution < 1.29 is 4.74 Å². The van der Waals surface area contributed by atoms with Crippen molar-refractivity contribution in [2.24, 2.45) is 7.05 Å². The molecule has 2 aromatic carbocycles. The minimum absolute atomic E-state index is 0.00516. The highest BCUT2D eigenvalue weighted by Crippen LogP contribution is 2.34. The Morgan fingerprint density at radius 2 is 1.94 bits per heavy atom. The van der Waals surface area contributed by atoms with Crippen LogP contribution in [0.5, 0.6) is 5.88 Å². The third-order valence-electron chi connectivity index (χ3n) is 6.32. The van der Waals surface area contributed by atoms with Crippen LogP contribution in [0.1, 0.15) is 28.3 Å². The van der Waals surface area contributed by atoms with Crippen LogP contribution in [-0.4, -0.2) is 34.0 Å². The Kier molecular flexibility index (Phi) is 6.47. The minimum atomic E-state index is -0.122. The summed E-state index contributed by atoms with van der Waals surface area (Å²) in [5.74, 6) is 0.611. The van der Waals surface area contributed by atoms with E-state index in [9.17, 15) is 0 Å². The molecule has 0 radical (unpaired) electrons. The van der Waals surface area contributed by atoms with Crippen molar-refractivity contribution in [3.63, 3.8) is 0 Å². The van der Waals surface area contributed by atoms with E-state index in [1.165, 1.54) is 16.7 Å². The normalized spacial score (nSPS) is 15.4. The number of aromatic nitrogens is 3. The standard InChI is InChI=1S/C28H28N6O/c1-19-3-9-22(10-4-19)27(30-12-11-20-5-7-21(14-29)8-6-20)26-17-31-25-13-23(15-32-28(25)35-26)24-16-33-34(2)18-24/h3-10,13,15-16,18,26-27,30-31H,11-12,17H2,1-2H3/t26-,27-/m1/s1. The molecular formula is C28H28N6O. The van der Waals surface area contributed by atoms with Crippen LogP contribution >= 0.6 is 0 Å². The maximum atomic E-state index is 9.02. The van der Waals surface area contributed by atoms with Crippen molar-refractivity contribution in [1.82, 2.24) is 20.1 Å². The van der Waals surface area contributed by atoms with Gasteiger partial charge in [-0.05, 0) is 49.2 Å². The lowest BCUT2D eigenvalue weighted by Gasteiger charge is -2.33. The highest BCUT2D eigenvalue weighted by Gasteiger charge is 2.29. The Labute approximate surface area is 205 Å². The SMILES string of the molecule is Cc1ccc([C@@H](NCCc2ccc(C#N)cc2)[C@H]2CNc3cc(-c4cnn(C)c4)cnc3O2)cc1. The summed E-state index contributed by atoms with van der Waals surface area (Å²) in [6, 6.07) is 20.6. The summed E-state index contributed by atoms with van der Waals surface area (Å²) in [6.45, 7) is 3.54. The van der Waals surface area contributed by atoms with Crippen LogP contribution in [0.25, 0.3) is 11.1 Å². The van der Waals surface area contributed by atoms with Crippen molar-refractivity contribution in [2.75, 3.05) is 18.4 Å². The number of ether oxygens (including phenoxy) is 1. The number of fused-ring (bicyclic) bond motifs is 1. The maximum Gasteiger partial charge on any atom is 0.237 e. The highest BCUT2D eigenvalue weighted by molar-refractivity contribution is 5.69. The zero-order valence-electron chi connectivity index (χ0n) is 19.9. The molecule has 2 N–H and O–H groups in total. The predicted molar refractivity (Wildman–Crippen MR) is 136 cm³/mol. The van der Waals surface area contributed by atoms with Crippen LogP contribution in [-0.2, 0) is 13.5 Å². The van der Waals surface area contributed by atoms with Crippen LogP contribution in [0.15, 0.2) is 73.2 Å². The number of benzene rings is 2. The maximum absolute atomic E-state index is 9.02. The van der Waals surface area contributed by atoms with Crippen molar-refractivity contribution in [1.29, 1.82) is 5.26 Å². The van der Waals surface area contributed by atoms with Gasteiger partial charge in [0, 0.05) is 30.6 Å². The van der Waals surface area contributed by atoms with Gasteiger partial charge in [-0.3, -0.25) is 4.68 Å². The van der Waals surface area contributed by atoms with Crippen molar-refractivity contribution in [2.45, 2.75) is 25.5 Å². The van der Waals surface area contributed by atoms with Crippen LogP contribution in [0.2, 0.25) is 0 Å². The molecule has 176 valence electrons. The summed E-state index contributed by atoms with van der Waals surface area (Å²) in [7, 11) is 1.90. The lowest BCUT2D eigenvalue weighted by molar-refractivity contribution is 0.150. The highest BCUT2D eigenvalue weighted by atomic mass is 16.5. The van der Waals surface area contributed by atoms with E-state index in [2.05, 4.69) is 64.0 Å². The van der Waals surface area contributed by atoms with Crippen LogP contribution in [0.4, 0.5) is 5.69 Å². The monoisotopic (exact) mass is 464 g/mol. The summed E-state index contributed by atoms with van der Waals surface area (Å²) < 4.78 is 8.20. The number of nitrogens with zero attached hydrogens (tertiary/aromatic N) is 4. The fourth-order valence-corrected chi connectivity index (χ4v) is 4.34. The van der Waals surface area contributed by atoms with E-state index in [1.54, 1.807) is 4.68 Å². The van der Waals surface area contributed by atoms with E-state index in [-0.39, 0.29) is 12.1 Å². The molecule has 7 heteroatoms. The number of hydrogen-bond acceptors (Lipinski definition) is 6. The summed E-state index contributed by atoms with van der Waals surface area (Å²) in [5.41, 5.74) is 7.19. The van der Waals surface area contributed by atoms with Gasteiger partial charge in [-0.25, -0.2) is 4.98 Å². The summed E-state index contributed by atoms with van der Waals surface area (Å²) >= 11 is 0. The van der Waals surface area contributed by atoms with E-state index in [1.807, 2.05) is 49.9 Å². The molecule has 0 unspecified atom stereocenters. The number of anilines is 1. The zero-order chi connectivity index (χ0) is 24.2. The lowest BCUT2D eigenvalue weighted by atomic mass is 9.98. The fourth-order valence-electron chi connectivity index (χ4n) is 4.34. The van der Waals surface area contributed by atoms with E-state index in [0.29, 0.717) is 18.0 Å². The quantitative estimate of drug-likeness (QED) is 0.421. The van der Waals surface area contributed by atoms with Crippen LogP contribution in [0.3, 0.4) is 0 Å². The van der Waals surface area contributed by atoms with Gasteiger partial charge in [0.25, 0.3) is 0 Å². The smallest absolute Gasteiger partial charge is 0.237 e. The van der Waals surface area contributed by atoms with Gasteiger partial charge in [-0.15, -0.1) is 0 Å². The van der Waals surface area contributed by atoms with E-state index >= 15 is 0 Å². The summed E-state index contributed by atoms with van der Waals surface area (Å²) in [4.78, 5) is 4.61. The van der Waals surface area contributed by atoms with Gasteiger partial charge in [0.05, 0.1) is 36.1 Å². The van der Waals surface area contributed by atoms with Crippen LogP contribution < -0.4 is 15.4 Å². The molecule has 1 aliphatic heterocycles. The van der Waals surface area contributed by atoms with E-state index in [4.69, 9.17) is 10.00 Å². The van der Waals surface area contributed by atoms with Gasteiger partial charge in [0.1, 0.15) is 6.10 Å². The first-order valence-electron chi connectivity index (χ1n) is 11.8. The molecule has 0 saturated carbocycles. The Hall–Kier alpha value is -4.15. The first kappa shape index (κ1) is 22.6. The first-order valence-corrected chi connectivity index (χ1v) is 11.8. The number of hydrogen-bond donors (Lipinski definition) is 2. The van der Waals surface area contributed by atoms with Gasteiger partial charge in [0.15, 0.2) is 0 Å². The third kappa shape index (κ3) is 5.18. The van der Waals surface area contributed by atoms with E-state index in [0.717, 1.165) is 29.8 Å². The Balaban J connectivity index is 1.32. The number of nitriles is 1. The average Bonchev–Trinajstić information content (AvgIpc) is 3.33. The van der Waals surface area contributed by atoms with Gasteiger partial charge in [-0.1, -0.05) is 42.0 Å². The number of rotatable bonds is 7. The molecule has 7 nitrogen and oxygen atoms in total. The van der Waals surface area contributed by atoms with Gasteiger partial charge < -0.3 is 15.4 Å². The second-order valence-corrected chi connectivity index (χ2v) is 8.92. The molecular weight excluding hydrogens is 436 g/mol. The second-order valence-electron chi connectivity index (χ2n) is 8.92.